The van der Waals surface area contributed by atoms with Gasteiger partial charge in [0.1, 0.15) is 12.4 Å². The Morgan fingerprint density at radius 2 is 2.12 bits per heavy atom. The van der Waals surface area contributed by atoms with E-state index in [1.165, 1.54) is 0 Å². The van der Waals surface area contributed by atoms with Gasteiger partial charge in [-0.3, -0.25) is 4.98 Å². The minimum Gasteiger partial charge on any atom is -0.490 e. The molecule has 16 heavy (non-hydrogen) atoms. The molecule has 0 aliphatic carbocycles. The zero-order chi connectivity index (χ0) is 11.8. The third-order valence-corrected chi connectivity index (χ3v) is 2.05. The van der Waals surface area contributed by atoms with Gasteiger partial charge in [-0.2, -0.15) is 0 Å². The molecule has 0 spiro atoms. The molecule has 1 rings (SSSR count). The van der Waals surface area contributed by atoms with E-state index in [0.29, 0.717) is 19.3 Å². The highest BCUT2D eigenvalue weighted by Crippen LogP contribution is 2.08. The predicted octanol–water partition coefficient (Wildman–Crippen LogP) is 1.60. The molecular weight excluding hydrogens is 204 g/mol. The Hall–Kier alpha value is -1.13. The molecule has 1 heterocycles. The third kappa shape index (κ3) is 5.09. The molecule has 1 aromatic rings. The highest BCUT2D eigenvalue weighted by atomic mass is 16.5. The van der Waals surface area contributed by atoms with Gasteiger partial charge >= 0.3 is 0 Å². The van der Waals surface area contributed by atoms with Crippen LogP contribution < -0.4 is 10.1 Å². The van der Waals surface area contributed by atoms with Crippen LogP contribution in [0.25, 0.3) is 0 Å². The monoisotopic (exact) mass is 224 g/mol. The molecule has 0 aliphatic rings. The maximum Gasteiger partial charge on any atom is 0.137 e. The minimum absolute atomic E-state index is 0.472. The molecule has 0 radical (unpaired) electrons. The lowest BCUT2D eigenvalue weighted by Crippen LogP contribution is -2.22. The summed E-state index contributed by atoms with van der Waals surface area (Å²) in [5.74, 6) is 0.783. The third-order valence-electron chi connectivity index (χ3n) is 2.05. The lowest BCUT2D eigenvalue weighted by atomic mass is 10.3. The highest BCUT2D eigenvalue weighted by Gasteiger charge is 1.98. The van der Waals surface area contributed by atoms with E-state index in [1.54, 1.807) is 13.3 Å². The fraction of sp³-hybridized carbons (Fsp3) is 0.583. The SMILES string of the molecule is COCCOc1ccc(CNC(C)C)nc1. The second-order valence-corrected chi connectivity index (χ2v) is 3.86. The molecule has 4 nitrogen and oxygen atoms in total. The first-order valence-corrected chi connectivity index (χ1v) is 5.52. The first-order valence-electron chi connectivity index (χ1n) is 5.52. The van der Waals surface area contributed by atoms with Crippen LogP contribution in [-0.2, 0) is 11.3 Å². The number of pyridine rings is 1. The summed E-state index contributed by atoms with van der Waals surface area (Å²) in [6.45, 7) is 6.17. The van der Waals surface area contributed by atoms with E-state index in [1.807, 2.05) is 12.1 Å². The van der Waals surface area contributed by atoms with Crippen LogP contribution in [0.4, 0.5) is 0 Å². The van der Waals surface area contributed by atoms with Gasteiger partial charge in [-0.05, 0) is 12.1 Å². The van der Waals surface area contributed by atoms with Gasteiger partial charge in [0.05, 0.1) is 18.5 Å². The van der Waals surface area contributed by atoms with Gasteiger partial charge in [-0.25, -0.2) is 0 Å². The lowest BCUT2D eigenvalue weighted by Gasteiger charge is -2.08. The number of hydrogen-bond donors (Lipinski definition) is 1. The van der Waals surface area contributed by atoms with Crippen LogP contribution in [0.3, 0.4) is 0 Å². The van der Waals surface area contributed by atoms with E-state index in [0.717, 1.165) is 18.0 Å². The Balaban J connectivity index is 2.35. The van der Waals surface area contributed by atoms with Gasteiger partial charge in [0.2, 0.25) is 0 Å². The maximum absolute atomic E-state index is 5.42. The van der Waals surface area contributed by atoms with Gasteiger partial charge in [0, 0.05) is 19.7 Å². The van der Waals surface area contributed by atoms with Crippen LogP contribution in [0.1, 0.15) is 19.5 Å². The van der Waals surface area contributed by atoms with Gasteiger partial charge in [0.25, 0.3) is 0 Å². The molecule has 0 aromatic carbocycles. The van der Waals surface area contributed by atoms with Crippen molar-refractivity contribution in [2.24, 2.45) is 0 Å². The second-order valence-electron chi connectivity index (χ2n) is 3.86. The number of hydrogen-bond acceptors (Lipinski definition) is 4. The minimum atomic E-state index is 0.472. The van der Waals surface area contributed by atoms with Crippen LogP contribution in [0.2, 0.25) is 0 Å². The summed E-state index contributed by atoms with van der Waals surface area (Å²) in [6.07, 6.45) is 1.74. The van der Waals surface area contributed by atoms with Crippen LogP contribution >= 0.6 is 0 Å². The quantitative estimate of drug-likeness (QED) is 0.714. The van der Waals surface area contributed by atoms with E-state index in [-0.39, 0.29) is 0 Å². The number of ether oxygens (including phenoxy) is 2. The molecule has 1 aromatic heterocycles. The zero-order valence-electron chi connectivity index (χ0n) is 10.2. The van der Waals surface area contributed by atoms with Crippen molar-refractivity contribution in [3.05, 3.63) is 24.0 Å². The summed E-state index contributed by atoms with van der Waals surface area (Å²) >= 11 is 0. The van der Waals surface area contributed by atoms with Crippen molar-refractivity contribution in [3.8, 4) is 5.75 Å². The molecule has 90 valence electrons. The van der Waals surface area contributed by atoms with Crippen LogP contribution in [0, 0.1) is 0 Å². The summed E-state index contributed by atoms with van der Waals surface area (Å²) in [7, 11) is 1.66. The summed E-state index contributed by atoms with van der Waals surface area (Å²) in [4.78, 5) is 4.30. The largest absolute Gasteiger partial charge is 0.490 e. The summed E-state index contributed by atoms with van der Waals surface area (Å²) in [5.41, 5.74) is 1.02. The molecular formula is C12H20N2O2. The molecule has 0 saturated carbocycles. The molecule has 0 fully saturated rings. The normalized spacial score (nSPS) is 10.8. The molecule has 0 aliphatic heterocycles. The molecule has 0 bridgehead atoms. The predicted molar refractivity (Wildman–Crippen MR) is 63.6 cm³/mol. The number of nitrogens with one attached hydrogen (secondary N) is 1. The van der Waals surface area contributed by atoms with Crippen molar-refractivity contribution in [3.63, 3.8) is 0 Å². The van der Waals surface area contributed by atoms with E-state index in [2.05, 4.69) is 24.1 Å². The van der Waals surface area contributed by atoms with Gasteiger partial charge in [-0.1, -0.05) is 13.8 Å². The van der Waals surface area contributed by atoms with Crippen LogP contribution in [0.5, 0.6) is 5.75 Å². The number of methoxy groups -OCH3 is 1. The fourth-order valence-electron chi connectivity index (χ4n) is 1.15. The standard InChI is InChI=1S/C12H20N2O2/c1-10(2)13-8-11-4-5-12(9-14-11)16-7-6-15-3/h4-5,9-10,13H,6-8H2,1-3H3. The van der Waals surface area contributed by atoms with Crippen molar-refractivity contribution in [2.45, 2.75) is 26.4 Å². The first kappa shape index (κ1) is 12.9. The van der Waals surface area contributed by atoms with Gasteiger partial charge < -0.3 is 14.8 Å². The smallest absolute Gasteiger partial charge is 0.137 e. The molecule has 4 heteroatoms. The number of nitrogens with zero attached hydrogens (tertiary/aromatic N) is 1. The number of rotatable bonds is 7. The summed E-state index contributed by atoms with van der Waals surface area (Å²) in [5, 5.41) is 3.31. The fourth-order valence-corrected chi connectivity index (χ4v) is 1.15. The molecule has 0 saturated heterocycles. The summed E-state index contributed by atoms with van der Waals surface area (Å²) in [6, 6.07) is 4.37. The Kier molecular flexibility index (Phi) is 5.82. The Morgan fingerprint density at radius 3 is 2.69 bits per heavy atom. The molecule has 0 amide bonds. The highest BCUT2D eigenvalue weighted by molar-refractivity contribution is 5.19. The van der Waals surface area contributed by atoms with Crippen molar-refractivity contribution in [2.75, 3.05) is 20.3 Å². The average molecular weight is 224 g/mol. The zero-order valence-corrected chi connectivity index (χ0v) is 10.2. The first-order chi connectivity index (χ1) is 7.72. The lowest BCUT2D eigenvalue weighted by molar-refractivity contribution is 0.146. The maximum atomic E-state index is 5.42. The van der Waals surface area contributed by atoms with Gasteiger partial charge in [-0.15, -0.1) is 0 Å². The van der Waals surface area contributed by atoms with Crippen molar-refractivity contribution in [1.29, 1.82) is 0 Å². The van der Waals surface area contributed by atoms with Crippen LogP contribution in [0.15, 0.2) is 18.3 Å². The Morgan fingerprint density at radius 1 is 1.31 bits per heavy atom. The Bertz CT molecular complexity index is 286. The second kappa shape index (κ2) is 7.19. The van der Waals surface area contributed by atoms with Crippen molar-refractivity contribution in [1.82, 2.24) is 10.3 Å². The average Bonchev–Trinajstić information content (AvgIpc) is 2.28. The molecule has 1 N–H and O–H groups in total. The van der Waals surface area contributed by atoms with E-state index < -0.39 is 0 Å². The Labute approximate surface area is 97.0 Å². The topological polar surface area (TPSA) is 43.4 Å². The van der Waals surface area contributed by atoms with E-state index >= 15 is 0 Å². The molecule has 0 atom stereocenters. The number of aromatic nitrogens is 1. The van der Waals surface area contributed by atoms with E-state index in [9.17, 15) is 0 Å². The van der Waals surface area contributed by atoms with Gasteiger partial charge in [0.15, 0.2) is 0 Å². The van der Waals surface area contributed by atoms with Crippen molar-refractivity contribution < 1.29 is 9.47 Å². The summed E-state index contributed by atoms with van der Waals surface area (Å²) < 4.78 is 10.3. The van der Waals surface area contributed by atoms with Crippen molar-refractivity contribution >= 4 is 0 Å². The molecule has 0 unspecified atom stereocenters. The van der Waals surface area contributed by atoms with E-state index in [4.69, 9.17) is 9.47 Å². The van der Waals surface area contributed by atoms with Crippen LogP contribution in [-0.4, -0.2) is 31.3 Å².